The van der Waals surface area contributed by atoms with Crippen LogP contribution in [0, 0.1) is 11.3 Å². The largest absolute Gasteiger partial charge is 0.509 e. The topological polar surface area (TPSA) is 61.8 Å². The van der Waals surface area contributed by atoms with Crippen molar-refractivity contribution in [3.63, 3.8) is 0 Å². The average molecular weight is 410 g/mol. The van der Waals surface area contributed by atoms with Crippen molar-refractivity contribution in [2.24, 2.45) is 11.3 Å². The Morgan fingerprint density at radius 2 is 1.39 bits per heavy atom. The lowest BCUT2D eigenvalue weighted by molar-refractivity contribution is -0.281. The van der Waals surface area contributed by atoms with Gasteiger partial charge >= 0.3 is 18.3 Å². The van der Waals surface area contributed by atoms with Gasteiger partial charge in [0.25, 0.3) is 0 Å². The fraction of sp³-hybridized carbons (Fsp3) is 0.900. The van der Waals surface area contributed by atoms with Gasteiger partial charge < -0.3 is 14.2 Å². The van der Waals surface area contributed by atoms with Crippen LogP contribution in [-0.4, -0.2) is 35.6 Å². The molecule has 0 aromatic heterocycles. The second-order valence-corrected chi connectivity index (χ2v) is 9.29. The SMILES string of the molecule is CCC(C)(C)C(=O)OC1CCC(C(C)(OC(=O)OC(C)(C)C)C(F)(F)F)CC1. The normalized spacial score (nSPS) is 23.5. The van der Waals surface area contributed by atoms with Gasteiger partial charge in [-0.05, 0) is 73.6 Å². The highest BCUT2D eigenvalue weighted by Gasteiger charge is 2.60. The minimum absolute atomic E-state index is 0.128. The van der Waals surface area contributed by atoms with Crippen LogP contribution in [0.15, 0.2) is 0 Å². The fourth-order valence-electron chi connectivity index (χ4n) is 3.00. The summed E-state index contributed by atoms with van der Waals surface area (Å²) < 4.78 is 56.5. The Balaban J connectivity index is 2.81. The summed E-state index contributed by atoms with van der Waals surface area (Å²) in [5, 5.41) is 0. The van der Waals surface area contributed by atoms with Gasteiger partial charge in [0.1, 0.15) is 11.7 Å². The van der Waals surface area contributed by atoms with Gasteiger partial charge in [0, 0.05) is 5.92 Å². The van der Waals surface area contributed by atoms with Crippen LogP contribution < -0.4 is 0 Å². The molecular formula is C20H33F3O5. The monoisotopic (exact) mass is 410 g/mol. The molecular weight excluding hydrogens is 377 g/mol. The number of carbonyl (C=O) groups excluding carboxylic acids is 2. The quantitative estimate of drug-likeness (QED) is 0.536. The van der Waals surface area contributed by atoms with E-state index in [-0.39, 0.29) is 18.8 Å². The third-order valence-corrected chi connectivity index (χ3v) is 5.41. The minimum atomic E-state index is -4.75. The van der Waals surface area contributed by atoms with Crippen LogP contribution >= 0.6 is 0 Å². The first kappa shape index (κ1) is 24.6. The van der Waals surface area contributed by atoms with Gasteiger partial charge in [-0.1, -0.05) is 6.92 Å². The predicted molar refractivity (Wildman–Crippen MR) is 97.7 cm³/mol. The number of hydrogen-bond acceptors (Lipinski definition) is 5. The summed E-state index contributed by atoms with van der Waals surface area (Å²) in [6.45, 7) is 11.0. The molecule has 1 fully saturated rings. The first-order valence-electron chi connectivity index (χ1n) is 9.71. The van der Waals surface area contributed by atoms with Gasteiger partial charge in [-0.25, -0.2) is 4.79 Å². The standard InChI is InChI=1S/C20H33F3O5/c1-8-18(5,6)15(24)26-14-11-9-13(10-12-14)19(7,20(21,22)23)28-16(25)27-17(2,3)4/h13-14H,8-12H2,1-7H3. The molecule has 1 atom stereocenters. The summed E-state index contributed by atoms with van der Waals surface area (Å²) in [4.78, 5) is 24.1. The fourth-order valence-corrected chi connectivity index (χ4v) is 3.00. The molecule has 0 bridgehead atoms. The van der Waals surface area contributed by atoms with Crippen LogP contribution in [0.5, 0.6) is 0 Å². The van der Waals surface area contributed by atoms with E-state index in [1.54, 1.807) is 34.6 Å². The Hall–Kier alpha value is -1.47. The molecule has 0 aromatic carbocycles. The van der Waals surface area contributed by atoms with Crippen molar-refractivity contribution in [2.45, 2.75) is 104 Å². The van der Waals surface area contributed by atoms with E-state index in [1.807, 2.05) is 6.92 Å². The lowest BCUT2D eigenvalue weighted by atomic mass is 9.76. The molecule has 1 rings (SSSR count). The van der Waals surface area contributed by atoms with Crippen LogP contribution in [0.2, 0.25) is 0 Å². The first-order chi connectivity index (χ1) is 12.5. The van der Waals surface area contributed by atoms with E-state index in [0.29, 0.717) is 19.3 Å². The van der Waals surface area contributed by atoms with Gasteiger partial charge in [0.05, 0.1) is 5.41 Å². The van der Waals surface area contributed by atoms with Gasteiger partial charge in [0.2, 0.25) is 5.60 Å². The number of rotatable bonds is 5. The molecule has 28 heavy (non-hydrogen) atoms. The third kappa shape index (κ3) is 6.27. The second kappa shape index (κ2) is 8.49. The Kier molecular flexibility index (Phi) is 7.45. The van der Waals surface area contributed by atoms with Crippen molar-refractivity contribution in [3.8, 4) is 0 Å². The Labute approximate surface area is 165 Å². The van der Waals surface area contributed by atoms with Crippen molar-refractivity contribution >= 4 is 12.1 Å². The maximum absolute atomic E-state index is 13.8. The Bertz CT molecular complexity index is 557. The summed E-state index contributed by atoms with van der Waals surface area (Å²) in [5.74, 6) is -1.28. The van der Waals surface area contributed by atoms with E-state index in [2.05, 4.69) is 0 Å². The first-order valence-corrected chi connectivity index (χ1v) is 9.71. The van der Waals surface area contributed by atoms with Gasteiger partial charge in [-0.2, -0.15) is 13.2 Å². The smallest absolute Gasteiger partial charge is 0.462 e. The summed E-state index contributed by atoms with van der Waals surface area (Å²) in [7, 11) is 0. The highest BCUT2D eigenvalue weighted by Crippen LogP contribution is 2.46. The zero-order valence-electron chi connectivity index (χ0n) is 17.9. The molecule has 1 saturated carbocycles. The molecule has 0 spiro atoms. The molecule has 8 heteroatoms. The van der Waals surface area contributed by atoms with Crippen molar-refractivity contribution < 1.29 is 37.0 Å². The Morgan fingerprint density at radius 1 is 0.893 bits per heavy atom. The van der Waals surface area contributed by atoms with Crippen LogP contribution in [-0.2, 0) is 19.0 Å². The average Bonchev–Trinajstić information content (AvgIpc) is 2.52. The van der Waals surface area contributed by atoms with Gasteiger partial charge in [0.15, 0.2) is 0 Å². The maximum atomic E-state index is 13.8. The molecule has 0 aliphatic heterocycles. The maximum Gasteiger partial charge on any atom is 0.509 e. The van der Waals surface area contributed by atoms with E-state index in [9.17, 15) is 22.8 Å². The van der Waals surface area contributed by atoms with E-state index < -0.39 is 41.0 Å². The van der Waals surface area contributed by atoms with Gasteiger partial charge in [-0.3, -0.25) is 4.79 Å². The number of ether oxygens (including phenoxy) is 3. The van der Waals surface area contributed by atoms with Crippen LogP contribution in [0.3, 0.4) is 0 Å². The summed E-state index contributed by atoms with van der Waals surface area (Å²) in [6.07, 6.45) is -5.07. The molecule has 1 aliphatic rings. The Morgan fingerprint density at radius 3 is 1.79 bits per heavy atom. The minimum Gasteiger partial charge on any atom is -0.462 e. The van der Waals surface area contributed by atoms with Crippen LogP contribution in [0.4, 0.5) is 18.0 Å². The summed E-state index contributed by atoms with van der Waals surface area (Å²) in [5.41, 5.74) is -4.24. The van der Waals surface area contributed by atoms with Crippen molar-refractivity contribution in [3.05, 3.63) is 0 Å². The van der Waals surface area contributed by atoms with E-state index >= 15 is 0 Å². The van der Waals surface area contributed by atoms with Crippen molar-refractivity contribution in [1.29, 1.82) is 0 Å². The van der Waals surface area contributed by atoms with E-state index in [0.717, 1.165) is 6.92 Å². The highest BCUT2D eigenvalue weighted by atomic mass is 19.4. The van der Waals surface area contributed by atoms with Crippen molar-refractivity contribution in [2.75, 3.05) is 0 Å². The number of carbonyl (C=O) groups is 2. The second-order valence-electron chi connectivity index (χ2n) is 9.29. The molecule has 0 heterocycles. The lowest BCUT2D eigenvalue weighted by Crippen LogP contribution is -2.54. The molecule has 1 unspecified atom stereocenters. The summed E-state index contributed by atoms with van der Waals surface area (Å²) >= 11 is 0. The molecule has 1 aliphatic carbocycles. The molecule has 0 N–H and O–H groups in total. The van der Waals surface area contributed by atoms with Crippen LogP contribution in [0.25, 0.3) is 0 Å². The predicted octanol–water partition coefficient (Wildman–Crippen LogP) is 5.80. The number of hydrogen-bond donors (Lipinski definition) is 0. The summed E-state index contributed by atoms with van der Waals surface area (Å²) in [6, 6.07) is 0. The zero-order valence-corrected chi connectivity index (χ0v) is 17.9. The number of alkyl halides is 3. The van der Waals surface area contributed by atoms with E-state index in [4.69, 9.17) is 14.2 Å². The van der Waals surface area contributed by atoms with E-state index in [1.165, 1.54) is 0 Å². The highest BCUT2D eigenvalue weighted by molar-refractivity contribution is 5.76. The van der Waals surface area contributed by atoms with Gasteiger partial charge in [-0.15, -0.1) is 0 Å². The molecule has 0 saturated heterocycles. The zero-order chi connectivity index (χ0) is 22.0. The molecule has 5 nitrogen and oxygen atoms in total. The molecule has 0 aromatic rings. The third-order valence-electron chi connectivity index (χ3n) is 5.41. The number of halogens is 3. The molecule has 0 radical (unpaired) electrons. The number of esters is 1. The molecule has 0 amide bonds. The van der Waals surface area contributed by atoms with Crippen molar-refractivity contribution in [1.82, 2.24) is 0 Å². The lowest BCUT2D eigenvalue weighted by Gasteiger charge is -2.41. The molecule has 164 valence electrons. The van der Waals surface area contributed by atoms with Crippen LogP contribution in [0.1, 0.15) is 80.6 Å².